The van der Waals surface area contributed by atoms with E-state index in [1.165, 1.54) is 0 Å². The van der Waals surface area contributed by atoms with Gasteiger partial charge in [0, 0.05) is 22.9 Å². The van der Waals surface area contributed by atoms with Gasteiger partial charge in [-0.3, -0.25) is 4.79 Å². The molecule has 3 aromatic rings. The third kappa shape index (κ3) is 3.16. The van der Waals surface area contributed by atoms with Crippen molar-refractivity contribution < 1.29 is 18.8 Å². The van der Waals surface area contributed by atoms with E-state index in [2.05, 4.69) is 15.5 Å². The lowest BCUT2D eigenvalue weighted by molar-refractivity contribution is 0.102. The molecule has 0 unspecified atom stereocenters. The normalized spacial score (nSPS) is 12.7. The zero-order valence-electron chi connectivity index (χ0n) is 13.5. The third-order valence-corrected chi connectivity index (χ3v) is 3.72. The van der Waals surface area contributed by atoms with Gasteiger partial charge in [0.2, 0.25) is 0 Å². The monoisotopic (exact) mass is 337 g/mol. The van der Waals surface area contributed by atoms with Gasteiger partial charge < -0.3 is 19.3 Å². The largest absolute Gasteiger partial charge is 0.486 e. The van der Waals surface area contributed by atoms with Gasteiger partial charge in [-0.2, -0.15) is 4.98 Å². The van der Waals surface area contributed by atoms with Gasteiger partial charge in [-0.1, -0.05) is 5.16 Å². The number of nitrogens with one attached hydrogen (secondary N) is 1. The van der Waals surface area contributed by atoms with Crippen molar-refractivity contribution in [2.45, 2.75) is 6.92 Å². The molecule has 0 spiro atoms. The molecule has 0 fully saturated rings. The summed E-state index contributed by atoms with van der Waals surface area (Å²) in [7, 11) is 0. The first-order valence-corrected chi connectivity index (χ1v) is 7.81. The van der Waals surface area contributed by atoms with Crippen molar-refractivity contribution in [2.75, 3.05) is 18.5 Å². The number of hydrogen-bond acceptors (Lipinski definition) is 6. The highest BCUT2D eigenvalue weighted by molar-refractivity contribution is 6.04. The SMILES string of the molecule is Cc1noc(-c2ccc(C(=O)Nc3ccc4c(c3)OCCO4)cc2)n1. The minimum absolute atomic E-state index is 0.218. The number of benzene rings is 2. The topological polar surface area (TPSA) is 86.5 Å². The highest BCUT2D eigenvalue weighted by Crippen LogP contribution is 2.32. The fourth-order valence-electron chi connectivity index (χ4n) is 2.50. The maximum Gasteiger partial charge on any atom is 0.257 e. The molecule has 0 saturated carbocycles. The van der Waals surface area contributed by atoms with E-state index in [1.807, 2.05) is 0 Å². The number of hydrogen-bond donors (Lipinski definition) is 1. The standard InChI is InChI=1S/C18H15N3O4/c1-11-19-18(25-21-11)13-4-2-12(3-5-13)17(22)20-14-6-7-15-16(10-14)24-9-8-23-15/h2-7,10H,8-9H2,1H3,(H,20,22). The smallest absolute Gasteiger partial charge is 0.257 e. The summed E-state index contributed by atoms with van der Waals surface area (Å²) >= 11 is 0. The minimum Gasteiger partial charge on any atom is -0.486 e. The summed E-state index contributed by atoms with van der Waals surface area (Å²) < 4.78 is 16.1. The van der Waals surface area contributed by atoms with E-state index < -0.39 is 0 Å². The van der Waals surface area contributed by atoms with Crippen LogP contribution in [0.15, 0.2) is 47.0 Å². The molecular formula is C18H15N3O4. The molecule has 25 heavy (non-hydrogen) atoms. The molecule has 1 N–H and O–H groups in total. The zero-order valence-corrected chi connectivity index (χ0v) is 13.5. The van der Waals surface area contributed by atoms with Gasteiger partial charge in [-0.25, -0.2) is 0 Å². The predicted octanol–water partition coefficient (Wildman–Crippen LogP) is 3.07. The fourth-order valence-corrected chi connectivity index (χ4v) is 2.50. The summed E-state index contributed by atoms with van der Waals surface area (Å²) in [6, 6.07) is 12.3. The number of anilines is 1. The lowest BCUT2D eigenvalue weighted by atomic mass is 10.1. The predicted molar refractivity (Wildman–Crippen MR) is 89.9 cm³/mol. The second kappa shape index (κ2) is 6.27. The molecule has 0 saturated heterocycles. The van der Waals surface area contributed by atoms with E-state index in [0.717, 1.165) is 5.56 Å². The Morgan fingerprint density at radius 2 is 1.80 bits per heavy atom. The molecule has 0 bridgehead atoms. The molecule has 2 aromatic carbocycles. The van der Waals surface area contributed by atoms with Gasteiger partial charge in [0.15, 0.2) is 17.3 Å². The summed E-state index contributed by atoms with van der Waals surface area (Å²) in [5.41, 5.74) is 1.93. The van der Waals surface area contributed by atoms with Gasteiger partial charge in [0.05, 0.1) is 0 Å². The van der Waals surface area contributed by atoms with Crippen molar-refractivity contribution >= 4 is 11.6 Å². The lowest BCUT2D eigenvalue weighted by Crippen LogP contribution is -2.16. The molecule has 4 rings (SSSR count). The quantitative estimate of drug-likeness (QED) is 0.790. The Kier molecular flexibility index (Phi) is 3.81. The van der Waals surface area contributed by atoms with Crippen LogP contribution < -0.4 is 14.8 Å². The number of fused-ring (bicyclic) bond motifs is 1. The summed E-state index contributed by atoms with van der Waals surface area (Å²) in [6.07, 6.45) is 0. The Morgan fingerprint density at radius 1 is 1.04 bits per heavy atom. The van der Waals surface area contributed by atoms with Crippen molar-refractivity contribution in [1.82, 2.24) is 10.1 Å². The molecule has 0 aliphatic carbocycles. The van der Waals surface area contributed by atoms with Gasteiger partial charge in [0.1, 0.15) is 13.2 Å². The van der Waals surface area contributed by atoms with E-state index in [9.17, 15) is 4.79 Å². The van der Waals surface area contributed by atoms with Gasteiger partial charge in [-0.15, -0.1) is 0 Å². The van der Waals surface area contributed by atoms with Crippen molar-refractivity contribution in [1.29, 1.82) is 0 Å². The zero-order chi connectivity index (χ0) is 17.2. The molecule has 1 aromatic heterocycles. The summed E-state index contributed by atoms with van der Waals surface area (Å²) in [5, 5.41) is 6.60. The van der Waals surface area contributed by atoms with E-state index in [-0.39, 0.29) is 5.91 Å². The van der Waals surface area contributed by atoms with Crippen molar-refractivity contribution in [3.05, 3.63) is 53.9 Å². The van der Waals surface area contributed by atoms with Crippen molar-refractivity contribution in [2.24, 2.45) is 0 Å². The van der Waals surface area contributed by atoms with Crippen molar-refractivity contribution in [3.8, 4) is 23.0 Å². The summed E-state index contributed by atoms with van der Waals surface area (Å²) in [4.78, 5) is 16.6. The van der Waals surface area contributed by atoms with Crippen LogP contribution in [0.5, 0.6) is 11.5 Å². The number of aryl methyl sites for hydroxylation is 1. The first kappa shape index (κ1) is 15.2. The first-order chi connectivity index (χ1) is 12.2. The Labute approximate surface area is 143 Å². The van der Waals surface area contributed by atoms with Crippen LogP contribution in [0.3, 0.4) is 0 Å². The van der Waals surface area contributed by atoms with E-state index in [1.54, 1.807) is 49.4 Å². The Balaban J connectivity index is 1.49. The number of ether oxygens (including phenoxy) is 2. The molecule has 1 amide bonds. The highest BCUT2D eigenvalue weighted by Gasteiger charge is 2.14. The average molecular weight is 337 g/mol. The first-order valence-electron chi connectivity index (χ1n) is 7.81. The van der Waals surface area contributed by atoms with Crippen LogP contribution in [0, 0.1) is 6.92 Å². The van der Waals surface area contributed by atoms with Crippen LogP contribution in [0.25, 0.3) is 11.5 Å². The van der Waals surface area contributed by atoms with Gasteiger partial charge in [0.25, 0.3) is 11.8 Å². The Hall–Kier alpha value is -3.35. The van der Waals surface area contributed by atoms with Gasteiger partial charge >= 0.3 is 0 Å². The van der Waals surface area contributed by atoms with Crippen LogP contribution in [0.4, 0.5) is 5.69 Å². The Bertz CT molecular complexity index is 918. The minimum atomic E-state index is -0.218. The maximum atomic E-state index is 12.4. The van der Waals surface area contributed by atoms with Crippen LogP contribution >= 0.6 is 0 Å². The molecule has 0 radical (unpaired) electrons. The van der Waals surface area contributed by atoms with Crippen LogP contribution in [0.2, 0.25) is 0 Å². The van der Waals surface area contributed by atoms with Crippen LogP contribution in [0.1, 0.15) is 16.2 Å². The fraction of sp³-hybridized carbons (Fsp3) is 0.167. The van der Waals surface area contributed by atoms with Crippen LogP contribution in [-0.2, 0) is 0 Å². The number of rotatable bonds is 3. The van der Waals surface area contributed by atoms with Crippen LogP contribution in [-0.4, -0.2) is 29.3 Å². The van der Waals surface area contributed by atoms with E-state index in [4.69, 9.17) is 14.0 Å². The average Bonchev–Trinajstić information content (AvgIpc) is 3.08. The molecular weight excluding hydrogens is 322 g/mol. The Morgan fingerprint density at radius 3 is 2.52 bits per heavy atom. The molecule has 7 heteroatoms. The number of nitrogens with zero attached hydrogens (tertiary/aromatic N) is 2. The number of carbonyl (C=O) groups excluding carboxylic acids is 1. The number of carbonyl (C=O) groups is 1. The van der Waals surface area contributed by atoms with E-state index in [0.29, 0.717) is 47.7 Å². The molecule has 2 heterocycles. The maximum absolute atomic E-state index is 12.4. The number of aromatic nitrogens is 2. The second-order valence-electron chi connectivity index (χ2n) is 5.54. The van der Waals surface area contributed by atoms with Gasteiger partial charge in [-0.05, 0) is 43.3 Å². The second-order valence-corrected chi connectivity index (χ2v) is 5.54. The molecule has 7 nitrogen and oxygen atoms in total. The lowest BCUT2D eigenvalue weighted by Gasteiger charge is -2.19. The molecule has 1 aliphatic heterocycles. The summed E-state index contributed by atoms with van der Waals surface area (Å²) in [5.74, 6) is 2.09. The molecule has 126 valence electrons. The third-order valence-electron chi connectivity index (χ3n) is 3.72. The number of amides is 1. The highest BCUT2D eigenvalue weighted by atomic mass is 16.6. The van der Waals surface area contributed by atoms with E-state index >= 15 is 0 Å². The van der Waals surface area contributed by atoms with Crippen molar-refractivity contribution in [3.63, 3.8) is 0 Å². The molecule has 0 atom stereocenters. The summed E-state index contributed by atoms with van der Waals surface area (Å²) in [6.45, 7) is 2.79. The molecule has 1 aliphatic rings.